The average molecular weight is 467 g/mol. The Hall–Kier alpha value is -2.90. The minimum atomic E-state index is -0.445. The van der Waals surface area contributed by atoms with Crippen LogP contribution in [0.2, 0.25) is 0 Å². The van der Waals surface area contributed by atoms with Crippen molar-refractivity contribution in [1.82, 2.24) is 5.32 Å². The van der Waals surface area contributed by atoms with E-state index in [1.54, 1.807) is 0 Å². The summed E-state index contributed by atoms with van der Waals surface area (Å²) < 4.78 is 10.9. The van der Waals surface area contributed by atoms with E-state index >= 15 is 0 Å². The molecule has 0 atom stereocenters. The van der Waals surface area contributed by atoms with Gasteiger partial charge in [-0.2, -0.15) is 0 Å². The lowest BCUT2D eigenvalue weighted by molar-refractivity contribution is 0.0600. The molecular weight excluding hydrogens is 436 g/mol. The summed E-state index contributed by atoms with van der Waals surface area (Å²) in [5.41, 5.74) is 1.25. The van der Waals surface area contributed by atoms with Gasteiger partial charge in [-0.3, -0.25) is 4.79 Å². The molecule has 0 saturated heterocycles. The van der Waals surface area contributed by atoms with Crippen molar-refractivity contribution < 1.29 is 19.1 Å². The molecule has 6 nitrogen and oxygen atoms in total. The smallest absolute Gasteiger partial charge is 0.341 e. The van der Waals surface area contributed by atoms with Gasteiger partial charge < -0.3 is 20.1 Å². The molecule has 3 aromatic rings. The predicted molar refractivity (Wildman–Crippen MR) is 133 cm³/mol. The standard InChI is InChI=1S/C26H30N2O4S/c1-7-32-18-13-12-15-10-8-9-11-16(15)19(18)22(29)27-23-20(24(30)31-6)17-14-25(2,3)28-26(4,5)21(17)33-23/h8-13,28H,7,14H2,1-6H3,(H,27,29). The number of hydrogen-bond donors (Lipinski definition) is 2. The van der Waals surface area contributed by atoms with E-state index in [9.17, 15) is 9.59 Å². The maximum Gasteiger partial charge on any atom is 0.341 e. The van der Waals surface area contributed by atoms with Gasteiger partial charge in [-0.15, -0.1) is 11.3 Å². The fraction of sp³-hybridized carbons (Fsp3) is 0.385. The van der Waals surface area contributed by atoms with Crippen LogP contribution in [0.5, 0.6) is 5.75 Å². The summed E-state index contributed by atoms with van der Waals surface area (Å²) in [6.45, 7) is 10.7. The molecule has 1 amide bonds. The highest BCUT2D eigenvalue weighted by molar-refractivity contribution is 7.17. The van der Waals surface area contributed by atoms with Crippen molar-refractivity contribution in [3.05, 3.63) is 58.0 Å². The molecule has 7 heteroatoms. The molecule has 2 aromatic carbocycles. The summed E-state index contributed by atoms with van der Waals surface area (Å²) in [5, 5.41) is 8.91. The summed E-state index contributed by atoms with van der Waals surface area (Å²) in [6, 6.07) is 11.5. The molecule has 174 valence electrons. The Morgan fingerprint density at radius 2 is 1.82 bits per heavy atom. The van der Waals surface area contributed by atoms with Gasteiger partial charge in [0.15, 0.2) is 0 Å². The number of fused-ring (bicyclic) bond motifs is 2. The summed E-state index contributed by atoms with van der Waals surface area (Å²) >= 11 is 1.42. The number of anilines is 1. The van der Waals surface area contributed by atoms with E-state index < -0.39 is 5.97 Å². The minimum absolute atomic E-state index is 0.209. The number of hydrogen-bond acceptors (Lipinski definition) is 6. The zero-order valence-electron chi connectivity index (χ0n) is 19.9. The minimum Gasteiger partial charge on any atom is -0.493 e. The molecule has 0 fully saturated rings. The van der Waals surface area contributed by atoms with Gasteiger partial charge in [0.2, 0.25) is 0 Å². The topological polar surface area (TPSA) is 76.7 Å². The number of nitrogens with one attached hydrogen (secondary N) is 2. The maximum absolute atomic E-state index is 13.6. The summed E-state index contributed by atoms with van der Waals surface area (Å²) in [6.07, 6.45) is 0.654. The van der Waals surface area contributed by atoms with E-state index in [0.717, 1.165) is 21.2 Å². The Morgan fingerprint density at radius 3 is 2.52 bits per heavy atom. The van der Waals surface area contributed by atoms with E-state index in [4.69, 9.17) is 9.47 Å². The SMILES string of the molecule is CCOc1ccc2ccccc2c1C(=O)Nc1sc2c(c1C(=O)OC)CC(C)(C)NC2(C)C. The summed E-state index contributed by atoms with van der Waals surface area (Å²) in [5.74, 6) is -0.249. The highest BCUT2D eigenvalue weighted by Crippen LogP contribution is 2.45. The predicted octanol–water partition coefficient (Wildman–Crippen LogP) is 5.50. The van der Waals surface area contributed by atoms with Crippen LogP contribution in [0, 0.1) is 0 Å². The molecule has 2 heterocycles. The number of amides is 1. The fourth-order valence-electron chi connectivity index (χ4n) is 4.86. The van der Waals surface area contributed by atoms with Crippen molar-refractivity contribution in [2.75, 3.05) is 19.0 Å². The highest BCUT2D eigenvalue weighted by atomic mass is 32.1. The number of carbonyl (C=O) groups excluding carboxylic acids is 2. The second kappa shape index (κ2) is 8.47. The fourth-order valence-corrected chi connectivity index (χ4v) is 6.12. The van der Waals surface area contributed by atoms with Gasteiger partial charge in [-0.05, 0) is 63.4 Å². The van der Waals surface area contributed by atoms with Crippen LogP contribution in [0.25, 0.3) is 10.8 Å². The van der Waals surface area contributed by atoms with Gasteiger partial charge in [0.1, 0.15) is 10.8 Å². The summed E-state index contributed by atoms with van der Waals surface area (Å²) in [4.78, 5) is 27.5. The molecule has 0 unspecified atom stereocenters. The average Bonchev–Trinajstić information content (AvgIpc) is 3.10. The van der Waals surface area contributed by atoms with Crippen molar-refractivity contribution in [3.63, 3.8) is 0 Å². The molecule has 1 aliphatic rings. The third-order valence-corrected chi connectivity index (χ3v) is 7.35. The second-order valence-corrected chi connectivity index (χ2v) is 10.5. The molecule has 4 rings (SSSR count). The quantitative estimate of drug-likeness (QED) is 0.486. The monoisotopic (exact) mass is 466 g/mol. The van der Waals surface area contributed by atoms with Gasteiger partial charge in [0.25, 0.3) is 5.91 Å². The van der Waals surface area contributed by atoms with Crippen LogP contribution in [0.1, 0.15) is 65.8 Å². The van der Waals surface area contributed by atoms with Crippen LogP contribution < -0.4 is 15.4 Å². The third-order valence-electron chi connectivity index (χ3n) is 5.88. The zero-order chi connectivity index (χ0) is 24.0. The van der Waals surface area contributed by atoms with E-state index in [1.165, 1.54) is 18.4 Å². The van der Waals surface area contributed by atoms with E-state index in [2.05, 4.69) is 38.3 Å². The van der Waals surface area contributed by atoms with Crippen LogP contribution in [-0.4, -0.2) is 31.1 Å². The number of esters is 1. The second-order valence-electron chi connectivity index (χ2n) is 9.46. The molecule has 0 bridgehead atoms. The van der Waals surface area contributed by atoms with Crippen LogP contribution in [0.15, 0.2) is 36.4 Å². The highest BCUT2D eigenvalue weighted by Gasteiger charge is 2.42. The van der Waals surface area contributed by atoms with Crippen molar-refractivity contribution in [1.29, 1.82) is 0 Å². The van der Waals surface area contributed by atoms with Crippen LogP contribution in [0.4, 0.5) is 5.00 Å². The first-order chi connectivity index (χ1) is 15.6. The molecule has 0 saturated carbocycles. The zero-order valence-corrected chi connectivity index (χ0v) is 20.7. The molecule has 2 N–H and O–H groups in total. The van der Waals surface area contributed by atoms with Crippen molar-refractivity contribution in [3.8, 4) is 5.75 Å². The Bertz CT molecular complexity index is 1240. The number of benzene rings is 2. The van der Waals surface area contributed by atoms with Crippen molar-refractivity contribution in [2.24, 2.45) is 0 Å². The van der Waals surface area contributed by atoms with Gasteiger partial charge >= 0.3 is 5.97 Å². The molecule has 0 aliphatic carbocycles. The first-order valence-corrected chi connectivity index (χ1v) is 11.9. The molecule has 33 heavy (non-hydrogen) atoms. The van der Waals surface area contributed by atoms with Gasteiger partial charge in [-0.1, -0.05) is 30.3 Å². The van der Waals surface area contributed by atoms with E-state index in [1.807, 2.05) is 43.3 Å². The van der Waals surface area contributed by atoms with E-state index in [0.29, 0.717) is 34.9 Å². The lowest BCUT2D eigenvalue weighted by atomic mass is 9.81. The van der Waals surface area contributed by atoms with Gasteiger partial charge in [0.05, 0.1) is 24.8 Å². The number of thiophene rings is 1. The number of methoxy groups -OCH3 is 1. The lowest BCUT2D eigenvalue weighted by Crippen LogP contribution is -2.55. The molecule has 1 aliphatic heterocycles. The van der Waals surface area contributed by atoms with Gasteiger partial charge in [0, 0.05) is 16.0 Å². The number of rotatable bonds is 5. The molecule has 1 aromatic heterocycles. The van der Waals surface area contributed by atoms with Crippen LogP contribution in [-0.2, 0) is 16.7 Å². The Morgan fingerprint density at radius 1 is 1.09 bits per heavy atom. The Labute approximate surface area is 198 Å². The van der Waals surface area contributed by atoms with E-state index in [-0.39, 0.29) is 17.0 Å². The van der Waals surface area contributed by atoms with Gasteiger partial charge in [-0.25, -0.2) is 4.79 Å². The first kappa shape index (κ1) is 23.3. The van der Waals surface area contributed by atoms with Crippen molar-refractivity contribution in [2.45, 2.75) is 52.1 Å². The van der Waals surface area contributed by atoms with Crippen LogP contribution in [0.3, 0.4) is 0 Å². The van der Waals surface area contributed by atoms with Crippen LogP contribution >= 0.6 is 11.3 Å². The first-order valence-electron chi connectivity index (χ1n) is 11.1. The van der Waals surface area contributed by atoms with Crippen molar-refractivity contribution >= 4 is 39.0 Å². The lowest BCUT2D eigenvalue weighted by Gasteiger charge is -2.42. The molecular formula is C26H30N2O4S. The molecule has 0 spiro atoms. The number of carbonyl (C=O) groups is 2. The largest absolute Gasteiger partial charge is 0.493 e. The Balaban J connectivity index is 1.84. The summed E-state index contributed by atoms with van der Waals surface area (Å²) in [7, 11) is 1.37. The number of ether oxygens (including phenoxy) is 2. The molecule has 0 radical (unpaired) electrons. The third kappa shape index (κ3) is 4.23. The normalized spacial score (nSPS) is 16.2. The Kier molecular flexibility index (Phi) is 5.97. The maximum atomic E-state index is 13.6.